The van der Waals surface area contributed by atoms with E-state index in [0.29, 0.717) is 0 Å². The SMILES string of the molecule is CC1(C)C=CC(=O)C1=O. The fourth-order valence-electron chi connectivity index (χ4n) is 0.753. The van der Waals surface area contributed by atoms with Gasteiger partial charge in [0.25, 0.3) is 0 Å². The lowest BCUT2D eigenvalue weighted by atomic mass is 9.92. The summed E-state index contributed by atoms with van der Waals surface area (Å²) in [5.74, 6) is -0.678. The highest BCUT2D eigenvalue weighted by Crippen LogP contribution is 2.23. The van der Waals surface area contributed by atoms with Gasteiger partial charge in [0.05, 0.1) is 0 Å². The Labute approximate surface area is 53.6 Å². The lowest BCUT2D eigenvalue weighted by Crippen LogP contribution is -2.22. The van der Waals surface area contributed by atoms with Crippen LogP contribution in [0.15, 0.2) is 12.2 Å². The van der Waals surface area contributed by atoms with E-state index in [2.05, 4.69) is 0 Å². The first kappa shape index (κ1) is 6.20. The van der Waals surface area contributed by atoms with E-state index >= 15 is 0 Å². The Balaban J connectivity index is 3.00. The summed E-state index contributed by atoms with van der Waals surface area (Å²) >= 11 is 0. The molecule has 0 saturated carbocycles. The Bertz CT molecular complexity index is 199. The summed E-state index contributed by atoms with van der Waals surface area (Å²) in [6.07, 6.45) is 2.97. The molecule has 0 heterocycles. The van der Waals surface area contributed by atoms with Gasteiger partial charge in [-0.2, -0.15) is 0 Å². The molecule has 1 rings (SSSR count). The maximum absolute atomic E-state index is 10.8. The maximum atomic E-state index is 10.8. The average molecular weight is 124 g/mol. The van der Waals surface area contributed by atoms with E-state index in [1.807, 2.05) is 0 Å². The highest BCUT2D eigenvalue weighted by molar-refractivity contribution is 6.45. The molecule has 9 heavy (non-hydrogen) atoms. The Morgan fingerprint density at radius 1 is 1.33 bits per heavy atom. The number of rotatable bonds is 0. The van der Waals surface area contributed by atoms with Crippen LogP contribution in [-0.4, -0.2) is 11.6 Å². The third-order valence-electron chi connectivity index (χ3n) is 1.46. The fraction of sp³-hybridized carbons (Fsp3) is 0.429. The Morgan fingerprint density at radius 2 is 1.89 bits per heavy atom. The summed E-state index contributed by atoms with van der Waals surface area (Å²) in [7, 11) is 0. The third kappa shape index (κ3) is 0.803. The molecule has 1 aliphatic rings. The van der Waals surface area contributed by atoms with Crippen molar-refractivity contribution in [1.29, 1.82) is 0 Å². The molecule has 0 aromatic carbocycles. The van der Waals surface area contributed by atoms with Gasteiger partial charge in [0.1, 0.15) is 0 Å². The van der Waals surface area contributed by atoms with Gasteiger partial charge in [0.2, 0.25) is 11.6 Å². The van der Waals surface area contributed by atoms with Crippen molar-refractivity contribution in [1.82, 2.24) is 0 Å². The molecule has 0 aromatic rings. The summed E-state index contributed by atoms with van der Waals surface area (Å²) in [5.41, 5.74) is -0.545. The van der Waals surface area contributed by atoms with Crippen LogP contribution in [0.1, 0.15) is 13.8 Å². The van der Waals surface area contributed by atoms with Crippen LogP contribution in [-0.2, 0) is 9.59 Å². The van der Waals surface area contributed by atoms with Gasteiger partial charge in [0.15, 0.2) is 0 Å². The molecule has 0 aromatic heterocycles. The van der Waals surface area contributed by atoms with Gasteiger partial charge >= 0.3 is 0 Å². The van der Waals surface area contributed by atoms with Gasteiger partial charge in [-0.05, 0) is 19.9 Å². The second-order valence-electron chi connectivity index (χ2n) is 2.75. The number of allylic oxidation sites excluding steroid dienone is 2. The van der Waals surface area contributed by atoms with Crippen molar-refractivity contribution in [2.24, 2.45) is 5.41 Å². The first-order valence-corrected chi connectivity index (χ1v) is 2.82. The standard InChI is InChI=1S/C7H8O2/c1-7(2)4-3-5(8)6(7)9/h3-4H,1-2H3. The molecule has 48 valence electrons. The van der Waals surface area contributed by atoms with Gasteiger partial charge in [-0.25, -0.2) is 0 Å². The molecule has 0 unspecified atom stereocenters. The number of carbonyl (C=O) groups excluding carboxylic acids is 2. The average Bonchev–Trinajstić information content (AvgIpc) is 1.97. The first-order valence-electron chi connectivity index (χ1n) is 2.82. The molecule has 0 aliphatic heterocycles. The monoisotopic (exact) mass is 124 g/mol. The van der Waals surface area contributed by atoms with Crippen LogP contribution in [0, 0.1) is 5.41 Å². The minimum Gasteiger partial charge on any atom is -0.290 e. The van der Waals surface area contributed by atoms with Crippen LogP contribution >= 0.6 is 0 Å². The minimum absolute atomic E-state index is 0.303. The van der Waals surface area contributed by atoms with Crippen molar-refractivity contribution in [3.63, 3.8) is 0 Å². The van der Waals surface area contributed by atoms with Crippen LogP contribution in [0.25, 0.3) is 0 Å². The molecule has 0 fully saturated rings. The lowest BCUT2D eigenvalue weighted by Gasteiger charge is -2.08. The van der Waals surface area contributed by atoms with E-state index in [0.717, 1.165) is 0 Å². The molecule has 0 radical (unpaired) electrons. The van der Waals surface area contributed by atoms with Gasteiger partial charge in [-0.15, -0.1) is 0 Å². The second kappa shape index (κ2) is 1.53. The molecular formula is C7H8O2. The predicted octanol–water partition coefficient (Wildman–Crippen LogP) is 0.721. The van der Waals surface area contributed by atoms with E-state index < -0.39 is 5.41 Å². The molecule has 0 amide bonds. The van der Waals surface area contributed by atoms with Crippen molar-refractivity contribution < 1.29 is 9.59 Å². The number of Topliss-reactive ketones (excluding diaryl/α,β-unsaturated/α-hetero) is 1. The quantitative estimate of drug-likeness (QED) is 0.446. The topological polar surface area (TPSA) is 34.1 Å². The normalized spacial score (nSPS) is 23.3. The highest BCUT2D eigenvalue weighted by Gasteiger charge is 2.33. The zero-order valence-electron chi connectivity index (χ0n) is 5.47. The third-order valence-corrected chi connectivity index (χ3v) is 1.46. The largest absolute Gasteiger partial charge is 0.290 e. The van der Waals surface area contributed by atoms with Gasteiger partial charge < -0.3 is 0 Å². The van der Waals surface area contributed by atoms with Crippen LogP contribution < -0.4 is 0 Å². The molecule has 0 bridgehead atoms. The van der Waals surface area contributed by atoms with Crippen molar-refractivity contribution in [2.45, 2.75) is 13.8 Å². The van der Waals surface area contributed by atoms with Crippen molar-refractivity contribution in [2.75, 3.05) is 0 Å². The zero-order valence-corrected chi connectivity index (χ0v) is 5.47. The Kier molecular flexibility index (Phi) is 1.05. The molecule has 1 aliphatic carbocycles. The highest BCUT2D eigenvalue weighted by atomic mass is 16.2. The fourth-order valence-corrected chi connectivity index (χ4v) is 0.753. The summed E-state index contributed by atoms with van der Waals surface area (Å²) in [4.78, 5) is 21.4. The van der Waals surface area contributed by atoms with Crippen molar-refractivity contribution in [3.8, 4) is 0 Å². The zero-order chi connectivity index (χ0) is 7.07. The summed E-state index contributed by atoms with van der Waals surface area (Å²) in [6, 6.07) is 0. The van der Waals surface area contributed by atoms with Crippen LogP contribution in [0.3, 0.4) is 0 Å². The van der Waals surface area contributed by atoms with Crippen LogP contribution in [0.2, 0.25) is 0 Å². The summed E-state index contributed by atoms with van der Waals surface area (Å²) < 4.78 is 0. The number of hydrogen-bond acceptors (Lipinski definition) is 2. The number of hydrogen-bond donors (Lipinski definition) is 0. The van der Waals surface area contributed by atoms with E-state index in [4.69, 9.17) is 0 Å². The van der Waals surface area contributed by atoms with E-state index in [1.54, 1.807) is 19.9 Å². The van der Waals surface area contributed by atoms with Gasteiger partial charge in [-0.3, -0.25) is 9.59 Å². The van der Waals surface area contributed by atoms with E-state index in [1.165, 1.54) is 6.08 Å². The minimum atomic E-state index is -0.545. The van der Waals surface area contributed by atoms with Gasteiger partial charge in [0, 0.05) is 5.41 Å². The van der Waals surface area contributed by atoms with Crippen molar-refractivity contribution in [3.05, 3.63) is 12.2 Å². The molecule has 0 N–H and O–H groups in total. The van der Waals surface area contributed by atoms with E-state index in [9.17, 15) is 9.59 Å². The van der Waals surface area contributed by atoms with Crippen molar-refractivity contribution >= 4 is 11.6 Å². The molecule has 0 saturated heterocycles. The Hall–Kier alpha value is -0.920. The van der Waals surface area contributed by atoms with Crippen LogP contribution in [0.4, 0.5) is 0 Å². The lowest BCUT2D eigenvalue weighted by molar-refractivity contribution is -0.136. The smallest absolute Gasteiger partial charge is 0.222 e. The Morgan fingerprint density at radius 3 is 2.00 bits per heavy atom. The van der Waals surface area contributed by atoms with Gasteiger partial charge in [-0.1, -0.05) is 6.08 Å². The number of carbonyl (C=O) groups is 2. The molecule has 0 spiro atoms. The second-order valence-corrected chi connectivity index (χ2v) is 2.75. The summed E-state index contributed by atoms with van der Waals surface area (Å²) in [5, 5.41) is 0. The molecule has 2 heteroatoms. The first-order chi connectivity index (χ1) is 4.04. The molecule has 0 atom stereocenters. The molecular weight excluding hydrogens is 116 g/mol. The summed E-state index contributed by atoms with van der Waals surface area (Å²) in [6.45, 7) is 3.47. The molecule has 2 nitrogen and oxygen atoms in total. The van der Waals surface area contributed by atoms with Crippen LogP contribution in [0.5, 0.6) is 0 Å². The maximum Gasteiger partial charge on any atom is 0.222 e. The predicted molar refractivity (Wildman–Crippen MR) is 32.9 cm³/mol. The van der Waals surface area contributed by atoms with E-state index in [-0.39, 0.29) is 11.6 Å². The number of ketones is 2.